The van der Waals surface area contributed by atoms with Gasteiger partial charge in [-0.25, -0.2) is 4.39 Å². The van der Waals surface area contributed by atoms with Gasteiger partial charge in [0.05, 0.1) is 24.0 Å². The molecule has 0 aliphatic heterocycles. The van der Waals surface area contributed by atoms with Crippen LogP contribution in [0.1, 0.15) is 31.1 Å². The van der Waals surface area contributed by atoms with Gasteiger partial charge in [-0.05, 0) is 32.9 Å². The zero-order valence-electron chi connectivity index (χ0n) is 12.3. The fraction of sp³-hybridized carbons (Fsp3) is 0.400. The molecule has 0 radical (unpaired) electrons. The summed E-state index contributed by atoms with van der Waals surface area (Å²) >= 11 is 0. The molecule has 0 aliphatic rings. The summed E-state index contributed by atoms with van der Waals surface area (Å²) in [5, 5.41) is 7.68. The molecule has 0 spiro atoms. The highest BCUT2D eigenvalue weighted by Crippen LogP contribution is 2.29. The molecule has 1 atom stereocenters. The minimum absolute atomic E-state index is 0.0633. The fourth-order valence-electron chi connectivity index (χ4n) is 2.24. The fourth-order valence-corrected chi connectivity index (χ4v) is 2.24. The van der Waals surface area contributed by atoms with Crippen molar-refractivity contribution in [2.75, 3.05) is 11.9 Å². The van der Waals surface area contributed by atoms with Gasteiger partial charge >= 0.3 is 0 Å². The first-order valence-corrected chi connectivity index (χ1v) is 6.70. The molecule has 20 heavy (non-hydrogen) atoms. The summed E-state index contributed by atoms with van der Waals surface area (Å²) in [5.41, 5.74) is 2.87. The van der Waals surface area contributed by atoms with Crippen LogP contribution in [0.2, 0.25) is 0 Å². The van der Waals surface area contributed by atoms with Gasteiger partial charge in [0, 0.05) is 24.9 Å². The molecule has 4 nitrogen and oxygen atoms in total. The van der Waals surface area contributed by atoms with Crippen LogP contribution in [0.15, 0.2) is 24.4 Å². The number of ether oxygens (including phenoxy) is 1. The van der Waals surface area contributed by atoms with Gasteiger partial charge in [0.25, 0.3) is 0 Å². The second kappa shape index (κ2) is 5.94. The van der Waals surface area contributed by atoms with E-state index in [-0.39, 0.29) is 11.9 Å². The van der Waals surface area contributed by atoms with Crippen molar-refractivity contribution >= 4 is 5.69 Å². The zero-order chi connectivity index (χ0) is 14.7. The lowest BCUT2D eigenvalue weighted by molar-refractivity contribution is 0.339. The molecule has 0 saturated carbocycles. The largest absolute Gasteiger partial charge is 0.492 e. The van der Waals surface area contributed by atoms with Crippen molar-refractivity contribution in [2.24, 2.45) is 7.05 Å². The number of anilines is 1. The van der Waals surface area contributed by atoms with Crippen LogP contribution in [0.4, 0.5) is 10.1 Å². The van der Waals surface area contributed by atoms with E-state index in [0.717, 1.165) is 16.9 Å². The summed E-state index contributed by atoms with van der Waals surface area (Å²) < 4.78 is 20.5. The third kappa shape index (κ3) is 3.10. The molecule has 0 bridgehead atoms. The Bertz CT molecular complexity index is 595. The smallest absolute Gasteiger partial charge is 0.145 e. The van der Waals surface area contributed by atoms with Gasteiger partial charge in [0.2, 0.25) is 0 Å². The molecule has 0 amide bonds. The van der Waals surface area contributed by atoms with Crippen molar-refractivity contribution in [3.05, 3.63) is 41.5 Å². The Balaban J connectivity index is 2.23. The summed E-state index contributed by atoms with van der Waals surface area (Å²) in [7, 11) is 1.90. The van der Waals surface area contributed by atoms with Crippen LogP contribution < -0.4 is 10.1 Å². The number of aryl methyl sites for hydroxylation is 2. The van der Waals surface area contributed by atoms with E-state index in [1.807, 2.05) is 34.0 Å². The molecule has 2 rings (SSSR count). The van der Waals surface area contributed by atoms with E-state index < -0.39 is 0 Å². The van der Waals surface area contributed by atoms with Crippen molar-refractivity contribution in [2.45, 2.75) is 26.8 Å². The third-order valence-electron chi connectivity index (χ3n) is 3.13. The standard InChI is InChI=1S/C15H20FN3O/c1-5-20-15-8-12(16)6-7-14(15)17-10(2)13-9-19(4)18-11(13)3/h6-10,17H,5H2,1-4H3. The van der Waals surface area contributed by atoms with Crippen LogP contribution in [-0.4, -0.2) is 16.4 Å². The minimum Gasteiger partial charge on any atom is -0.492 e. The maximum absolute atomic E-state index is 13.3. The maximum Gasteiger partial charge on any atom is 0.145 e. The molecule has 1 aromatic heterocycles. The number of aromatic nitrogens is 2. The number of nitrogens with zero attached hydrogens (tertiary/aromatic N) is 2. The van der Waals surface area contributed by atoms with E-state index in [1.54, 1.807) is 10.7 Å². The number of hydrogen-bond acceptors (Lipinski definition) is 3. The number of hydrogen-bond donors (Lipinski definition) is 1. The van der Waals surface area contributed by atoms with Crippen LogP contribution >= 0.6 is 0 Å². The first-order valence-electron chi connectivity index (χ1n) is 6.70. The van der Waals surface area contributed by atoms with E-state index in [2.05, 4.69) is 10.4 Å². The Hall–Kier alpha value is -2.04. The zero-order valence-corrected chi connectivity index (χ0v) is 12.3. The van der Waals surface area contributed by atoms with Gasteiger partial charge < -0.3 is 10.1 Å². The lowest BCUT2D eigenvalue weighted by atomic mass is 10.1. The first kappa shape index (κ1) is 14.4. The van der Waals surface area contributed by atoms with Crippen molar-refractivity contribution < 1.29 is 9.13 Å². The van der Waals surface area contributed by atoms with Gasteiger partial charge in [0.15, 0.2) is 0 Å². The molecular weight excluding hydrogens is 257 g/mol. The summed E-state index contributed by atoms with van der Waals surface area (Å²) in [6.45, 7) is 6.40. The van der Waals surface area contributed by atoms with Crippen molar-refractivity contribution in [1.82, 2.24) is 9.78 Å². The summed E-state index contributed by atoms with van der Waals surface area (Å²) in [5.74, 6) is 0.227. The van der Waals surface area contributed by atoms with E-state index in [0.29, 0.717) is 12.4 Å². The predicted octanol–water partition coefficient (Wildman–Crippen LogP) is 3.44. The summed E-state index contributed by atoms with van der Waals surface area (Å²) in [6, 6.07) is 4.58. The van der Waals surface area contributed by atoms with Gasteiger partial charge in [-0.15, -0.1) is 0 Å². The quantitative estimate of drug-likeness (QED) is 0.910. The van der Waals surface area contributed by atoms with Gasteiger partial charge in [-0.3, -0.25) is 4.68 Å². The molecule has 1 N–H and O–H groups in total. The summed E-state index contributed by atoms with van der Waals surface area (Å²) in [6.07, 6.45) is 1.98. The van der Waals surface area contributed by atoms with E-state index in [4.69, 9.17) is 4.74 Å². The molecule has 1 unspecified atom stereocenters. The average molecular weight is 277 g/mol. The number of halogens is 1. The van der Waals surface area contributed by atoms with E-state index in [1.165, 1.54) is 12.1 Å². The Labute approximate surface area is 118 Å². The minimum atomic E-state index is -0.302. The van der Waals surface area contributed by atoms with Crippen LogP contribution in [0.3, 0.4) is 0 Å². The van der Waals surface area contributed by atoms with Crippen LogP contribution in [0, 0.1) is 12.7 Å². The van der Waals surface area contributed by atoms with Crippen LogP contribution in [0.5, 0.6) is 5.75 Å². The average Bonchev–Trinajstić information content (AvgIpc) is 2.72. The van der Waals surface area contributed by atoms with E-state index in [9.17, 15) is 4.39 Å². The molecule has 5 heteroatoms. The Kier molecular flexibility index (Phi) is 4.27. The van der Waals surface area contributed by atoms with Crippen molar-refractivity contribution in [1.29, 1.82) is 0 Å². The van der Waals surface area contributed by atoms with Crippen LogP contribution in [-0.2, 0) is 7.05 Å². The Morgan fingerprint density at radius 2 is 2.20 bits per heavy atom. The van der Waals surface area contributed by atoms with Gasteiger partial charge in [0.1, 0.15) is 11.6 Å². The van der Waals surface area contributed by atoms with E-state index >= 15 is 0 Å². The lowest BCUT2D eigenvalue weighted by Crippen LogP contribution is -2.09. The molecule has 0 aliphatic carbocycles. The van der Waals surface area contributed by atoms with Crippen molar-refractivity contribution in [3.63, 3.8) is 0 Å². The molecule has 1 aromatic carbocycles. The second-order valence-corrected chi connectivity index (χ2v) is 4.78. The first-order chi connectivity index (χ1) is 9.51. The number of rotatable bonds is 5. The molecule has 0 fully saturated rings. The van der Waals surface area contributed by atoms with Crippen molar-refractivity contribution in [3.8, 4) is 5.75 Å². The summed E-state index contributed by atoms with van der Waals surface area (Å²) in [4.78, 5) is 0. The Morgan fingerprint density at radius 1 is 1.45 bits per heavy atom. The highest BCUT2D eigenvalue weighted by atomic mass is 19.1. The Morgan fingerprint density at radius 3 is 2.80 bits per heavy atom. The molecule has 108 valence electrons. The highest BCUT2D eigenvalue weighted by molar-refractivity contribution is 5.57. The normalized spacial score (nSPS) is 12.2. The molecule has 1 heterocycles. The molecule has 2 aromatic rings. The number of nitrogens with one attached hydrogen (secondary N) is 1. The van der Waals surface area contributed by atoms with Gasteiger partial charge in [-0.2, -0.15) is 5.10 Å². The SMILES string of the molecule is CCOc1cc(F)ccc1NC(C)c1cn(C)nc1C. The monoisotopic (exact) mass is 277 g/mol. The maximum atomic E-state index is 13.3. The lowest BCUT2D eigenvalue weighted by Gasteiger charge is -2.17. The second-order valence-electron chi connectivity index (χ2n) is 4.78. The number of benzene rings is 1. The molecule has 0 saturated heterocycles. The topological polar surface area (TPSA) is 39.1 Å². The van der Waals surface area contributed by atoms with Crippen LogP contribution in [0.25, 0.3) is 0 Å². The predicted molar refractivity (Wildman–Crippen MR) is 77.6 cm³/mol. The highest BCUT2D eigenvalue weighted by Gasteiger charge is 2.14. The third-order valence-corrected chi connectivity index (χ3v) is 3.13. The molecular formula is C15H20FN3O. The van der Waals surface area contributed by atoms with Gasteiger partial charge in [-0.1, -0.05) is 0 Å².